The molecule has 0 fully saturated rings. The number of ether oxygens (including phenoxy) is 1. The minimum atomic E-state index is -1.50. The van der Waals surface area contributed by atoms with E-state index in [1.807, 2.05) is 0 Å². The van der Waals surface area contributed by atoms with Crippen molar-refractivity contribution in [3.8, 4) is 5.75 Å². The first-order valence-electron chi connectivity index (χ1n) is 7.15. The van der Waals surface area contributed by atoms with Crippen LogP contribution < -0.4 is 21.3 Å². The van der Waals surface area contributed by atoms with Crippen LogP contribution in [0.15, 0.2) is 47.1 Å². The van der Waals surface area contributed by atoms with Gasteiger partial charge in [0.1, 0.15) is 5.75 Å². The van der Waals surface area contributed by atoms with Gasteiger partial charge in [0.15, 0.2) is 5.76 Å². The molecule has 9 nitrogen and oxygen atoms in total. The first-order chi connectivity index (χ1) is 12.4. The van der Waals surface area contributed by atoms with E-state index in [0.29, 0.717) is 10.1 Å². The third kappa shape index (κ3) is 5.38. The van der Waals surface area contributed by atoms with Crippen LogP contribution in [0.1, 0.15) is 10.6 Å². The van der Waals surface area contributed by atoms with Crippen molar-refractivity contribution in [1.82, 2.24) is 16.0 Å². The monoisotopic (exact) mass is 400 g/mol. The average molecular weight is 401 g/mol. The average Bonchev–Trinajstić information content (AvgIpc) is 3.17. The van der Waals surface area contributed by atoms with Crippen molar-refractivity contribution < 1.29 is 23.5 Å². The van der Waals surface area contributed by atoms with E-state index in [1.54, 1.807) is 12.1 Å². The van der Waals surface area contributed by atoms with Crippen molar-refractivity contribution in [2.45, 2.75) is 5.56 Å². The van der Waals surface area contributed by atoms with Crippen molar-refractivity contribution in [2.24, 2.45) is 5.73 Å². The number of nitrogens with zero attached hydrogens (tertiary/aromatic N) is 1. The summed E-state index contributed by atoms with van der Waals surface area (Å²) in [7, 11) is 0. The third-order valence-corrected chi connectivity index (χ3v) is 3.40. The molecule has 1 aromatic heterocycles. The van der Waals surface area contributed by atoms with E-state index in [4.69, 9.17) is 38.1 Å². The lowest BCUT2D eigenvalue weighted by Gasteiger charge is -2.23. The molecule has 0 aliphatic rings. The number of furan rings is 1. The molecule has 2 rings (SSSR count). The Morgan fingerprint density at radius 3 is 2.46 bits per heavy atom. The zero-order chi connectivity index (χ0) is 19.1. The largest absolute Gasteiger partial charge is 0.465 e. The van der Waals surface area contributed by atoms with Gasteiger partial charge in [0.05, 0.1) is 12.8 Å². The lowest BCUT2D eigenvalue weighted by atomic mass is 10.3. The van der Waals surface area contributed by atoms with Gasteiger partial charge in [0.25, 0.3) is 17.4 Å². The number of hydrogen-bond donors (Lipinski definition) is 3. The second kappa shape index (κ2) is 9.09. The molecule has 0 aliphatic heterocycles. The standard InChI is InChI=1S/C15H14Cl2N4O5/c16-9-3-5-10(6-4-9)26-13(17)15(24)20-21(12(22)8-18)19-14(23)11-2-1-7-25-11/h1-7,13H,8,18H2,(H,19,23)(H,20,24). The second-order valence-corrected chi connectivity index (χ2v) is 5.55. The number of hydrazine groups is 2. The molecule has 26 heavy (non-hydrogen) atoms. The van der Waals surface area contributed by atoms with Crippen LogP contribution in [0.3, 0.4) is 0 Å². The highest BCUT2D eigenvalue weighted by Crippen LogP contribution is 2.17. The molecule has 1 heterocycles. The molecule has 138 valence electrons. The van der Waals surface area contributed by atoms with Crippen LogP contribution >= 0.6 is 23.2 Å². The van der Waals surface area contributed by atoms with Gasteiger partial charge in [-0.1, -0.05) is 23.2 Å². The summed E-state index contributed by atoms with van der Waals surface area (Å²) in [5, 5.41) is 0.988. The van der Waals surface area contributed by atoms with E-state index < -0.39 is 29.8 Å². The molecule has 2 aromatic rings. The van der Waals surface area contributed by atoms with E-state index in [1.165, 1.54) is 30.5 Å². The number of hydrogen-bond acceptors (Lipinski definition) is 6. The summed E-state index contributed by atoms with van der Waals surface area (Å²) >= 11 is 11.6. The van der Waals surface area contributed by atoms with Gasteiger partial charge in [-0.3, -0.25) is 14.4 Å². The van der Waals surface area contributed by atoms with Crippen molar-refractivity contribution >= 4 is 40.9 Å². The van der Waals surface area contributed by atoms with Gasteiger partial charge >= 0.3 is 5.91 Å². The minimum absolute atomic E-state index is 0.0751. The van der Waals surface area contributed by atoms with Gasteiger partial charge in [-0.2, -0.15) is 5.12 Å². The van der Waals surface area contributed by atoms with E-state index in [2.05, 4.69) is 10.9 Å². The topological polar surface area (TPSA) is 127 Å². The molecule has 0 bridgehead atoms. The summed E-state index contributed by atoms with van der Waals surface area (Å²) in [6, 6.07) is 8.96. The van der Waals surface area contributed by atoms with Gasteiger partial charge < -0.3 is 14.9 Å². The number of benzene rings is 1. The minimum Gasteiger partial charge on any atom is -0.465 e. The molecule has 1 atom stereocenters. The van der Waals surface area contributed by atoms with Crippen molar-refractivity contribution in [3.05, 3.63) is 53.4 Å². The number of alkyl halides is 1. The fourth-order valence-corrected chi connectivity index (χ4v) is 1.93. The van der Waals surface area contributed by atoms with Crippen LogP contribution in [0.4, 0.5) is 0 Å². The Bertz CT molecular complexity index is 767. The normalized spacial score (nSPS) is 11.3. The number of amides is 3. The summed E-state index contributed by atoms with van der Waals surface area (Å²) in [4.78, 5) is 35.9. The third-order valence-electron chi connectivity index (χ3n) is 2.86. The molecule has 0 radical (unpaired) electrons. The van der Waals surface area contributed by atoms with E-state index in [-0.39, 0.29) is 11.5 Å². The first kappa shape index (κ1) is 19.6. The van der Waals surface area contributed by atoms with Crippen molar-refractivity contribution in [1.29, 1.82) is 0 Å². The number of rotatable bonds is 5. The van der Waals surface area contributed by atoms with Gasteiger partial charge in [-0.25, -0.2) is 10.9 Å². The number of carbonyl (C=O) groups excluding carboxylic acids is 3. The molecule has 11 heteroatoms. The predicted octanol–water partition coefficient (Wildman–Crippen LogP) is 1.04. The first-order valence-corrected chi connectivity index (χ1v) is 7.96. The molecule has 0 spiro atoms. The van der Waals surface area contributed by atoms with Crippen LogP contribution in [-0.2, 0) is 9.59 Å². The van der Waals surface area contributed by atoms with E-state index in [0.717, 1.165) is 0 Å². The molecular weight excluding hydrogens is 387 g/mol. The van der Waals surface area contributed by atoms with Crippen LogP contribution in [0.5, 0.6) is 5.75 Å². The molecule has 4 N–H and O–H groups in total. The molecule has 0 saturated heterocycles. The van der Waals surface area contributed by atoms with Crippen LogP contribution in [0.25, 0.3) is 0 Å². The lowest BCUT2D eigenvalue weighted by molar-refractivity contribution is -0.144. The number of halogens is 2. The number of carbonyl (C=O) groups is 3. The maximum atomic E-state index is 12.1. The number of nitrogens with two attached hydrogens (primary N) is 1. The molecule has 1 aromatic carbocycles. The zero-order valence-corrected chi connectivity index (χ0v) is 14.7. The SMILES string of the molecule is NCC(=O)N(NC(=O)c1ccco1)NC(=O)C(Cl)Oc1ccc(Cl)cc1. The van der Waals surface area contributed by atoms with Gasteiger partial charge in [-0.05, 0) is 36.4 Å². The van der Waals surface area contributed by atoms with Gasteiger partial charge in [0.2, 0.25) is 0 Å². The fraction of sp³-hybridized carbons (Fsp3) is 0.133. The van der Waals surface area contributed by atoms with Crippen LogP contribution in [-0.4, -0.2) is 34.9 Å². The number of nitrogens with one attached hydrogen (secondary N) is 2. The molecular formula is C15H14Cl2N4O5. The summed E-state index contributed by atoms with van der Waals surface area (Å²) < 4.78 is 10.1. The molecule has 0 saturated carbocycles. The van der Waals surface area contributed by atoms with E-state index in [9.17, 15) is 14.4 Å². The maximum absolute atomic E-state index is 12.1. The Balaban J connectivity index is 1.99. The van der Waals surface area contributed by atoms with Crippen molar-refractivity contribution in [3.63, 3.8) is 0 Å². The quantitative estimate of drug-likeness (QED) is 0.508. The fourth-order valence-electron chi connectivity index (χ4n) is 1.66. The Morgan fingerprint density at radius 1 is 1.19 bits per heavy atom. The molecule has 3 amide bonds. The summed E-state index contributed by atoms with van der Waals surface area (Å²) in [6.45, 7) is -0.482. The highest BCUT2D eigenvalue weighted by molar-refractivity contribution is 6.30. The molecule has 0 aliphatic carbocycles. The summed E-state index contributed by atoms with van der Waals surface area (Å²) in [5.74, 6) is -2.28. The summed E-state index contributed by atoms with van der Waals surface area (Å²) in [6.07, 6.45) is 1.28. The second-order valence-electron chi connectivity index (χ2n) is 4.72. The molecule has 1 unspecified atom stereocenters. The zero-order valence-electron chi connectivity index (χ0n) is 13.1. The Morgan fingerprint density at radius 2 is 1.88 bits per heavy atom. The van der Waals surface area contributed by atoms with Gasteiger partial charge in [0, 0.05) is 5.02 Å². The van der Waals surface area contributed by atoms with Gasteiger partial charge in [-0.15, -0.1) is 0 Å². The Kier molecular flexibility index (Phi) is 6.84. The maximum Gasteiger partial charge on any atom is 0.307 e. The predicted molar refractivity (Wildman–Crippen MR) is 91.9 cm³/mol. The van der Waals surface area contributed by atoms with E-state index >= 15 is 0 Å². The van der Waals surface area contributed by atoms with Crippen LogP contribution in [0, 0.1) is 0 Å². The highest BCUT2D eigenvalue weighted by atomic mass is 35.5. The lowest BCUT2D eigenvalue weighted by Crippen LogP contribution is -2.59. The Labute approximate surface area is 157 Å². The highest BCUT2D eigenvalue weighted by Gasteiger charge is 2.24. The van der Waals surface area contributed by atoms with Crippen molar-refractivity contribution in [2.75, 3.05) is 6.54 Å². The smallest absolute Gasteiger partial charge is 0.307 e. The Hall–Kier alpha value is -2.75. The summed E-state index contributed by atoms with van der Waals surface area (Å²) in [5.41, 5.74) is 8.00. The van der Waals surface area contributed by atoms with Crippen LogP contribution in [0.2, 0.25) is 5.02 Å².